The lowest BCUT2D eigenvalue weighted by Gasteiger charge is -2.29. The third-order valence-electron chi connectivity index (χ3n) is 3.97. The third kappa shape index (κ3) is 3.32. The van der Waals surface area contributed by atoms with Crippen LogP contribution in [0.1, 0.15) is 24.4 Å². The van der Waals surface area contributed by atoms with Gasteiger partial charge in [-0.25, -0.2) is 0 Å². The van der Waals surface area contributed by atoms with Crippen molar-refractivity contribution in [3.63, 3.8) is 0 Å². The Morgan fingerprint density at radius 2 is 1.85 bits per heavy atom. The number of ether oxygens (including phenoxy) is 1. The fraction of sp³-hybridized carbons (Fsp3) is 0.533. The maximum absolute atomic E-state index is 12.4. The summed E-state index contributed by atoms with van der Waals surface area (Å²) in [6.07, 6.45) is 1.96. The van der Waals surface area contributed by atoms with E-state index < -0.39 is 0 Å². The first-order valence-corrected chi connectivity index (χ1v) is 7.02. The average Bonchev–Trinajstić information content (AvgIpc) is 2.98. The van der Waals surface area contributed by atoms with Gasteiger partial charge in [0.15, 0.2) is 0 Å². The Hall–Kier alpha value is -1.10. The molecule has 0 radical (unpaired) electrons. The summed E-state index contributed by atoms with van der Waals surface area (Å²) < 4.78 is 5.29. The Labute approximate surface area is 125 Å². The lowest BCUT2D eigenvalue weighted by molar-refractivity contribution is -0.137. The van der Waals surface area contributed by atoms with Crippen molar-refractivity contribution in [1.29, 1.82) is 0 Å². The number of carbonyl (C=O) groups is 1. The molecule has 0 bridgehead atoms. The van der Waals surface area contributed by atoms with Gasteiger partial charge >= 0.3 is 0 Å². The molecule has 0 aromatic heterocycles. The third-order valence-corrected chi connectivity index (χ3v) is 3.97. The van der Waals surface area contributed by atoms with E-state index in [2.05, 4.69) is 17.4 Å². The maximum Gasteiger partial charge on any atom is 0.239 e. The topological polar surface area (TPSA) is 41.6 Å². The number of amides is 1. The largest absolute Gasteiger partial charge is 0.378 e. The van der Waals surface area contributed by atoms with Gasteiger partial charge in [-0.3, -0.25) is 10.1 Å². The quantitative estimate of drug-likeness (QED) is 0.904. The molecule has 5 heteroatoms. The normalized spacial score (nSPS) is 26.1. The van der Waals surface area contributed by atoms with Crippen LogP contribution < -0.4 is 5.32 Å². The minimum absolute atomic E-state index is 0. The molecule has 20 heavy (non-hydrogen) atoms. The minimum atomic E-state index is -0.0247. The number of rotatable bonds is 2. The van der Waals surface area contributed by atoms with E-state index in [-0.39, 0.29) is 24.4 Å². The van der Waals surface area contributed by atoms with Gasteiger partial charge in [0, 0.05) is 19.1 Å². The van der Waals surface area contributed by atoms with Crippen LogP contribution in [0.15, 0.2) is 30.3 Å². The number of benzene rings is 1. The molecule has 0 aliphatic carbocycles. The van der Waals surface area contributed by atoms with Crippen LogP contribution in [0.25, 0.3) is 0 Å². The van der Waals surface area contributed by atoms with E-state index in [0.717, 1.165) is 25.9 Å². The van der Waals surface area contributed by atoms with Crippen molar-refractivity contribution in [3.05, 3.63) is 35.9 Å². The average molecular weight is 297 g/mol. The van der Waals surface area contributed by atoms with Crippen LogP contribution >= 0.6 is 12.4 Å². The zero-order chi connectivity index (χ0) is 13.1. The molecule has 0 unspecified atom stereocenters. The summed E-state index contributed by atoms with van der Waals surface area (Å²) in [6, 6.07) is 10.7. The molecule has 0 spiro atoms. The maximum atomic E-state index is 12.4. The van der Waals surface area contributed by atoms with Crippen LogP contribution in [0, 0.1) is 0 Å². The van der Waals surface area contributed by atoms with Crippen molar-refractivity contribution >= 4 is 18.3 Å². The second-order valence-electron chi connectivity index (χ2n) is 5.20. The van der Waals surface area contributed by atoms with Crippen molar-refractivity contribution < 1.29 is 9.53 Å². The highest BCUT2D eigenvalue weighted by molar-refractivity contribution is 5.85. The second-order valence-corrected chi connectivity index (χ2v) is 5.20. The lowest BCUT2D eigenvalue weighted by atomic mass is 10.1. The fourth-order valence-corrected chi connectivity index (χ4v) is 2.89. The molecule has 0 saturated carbocycles. The number of hydrogen-bond acceptors (Lipinski definition) is 3. The highest BCUT2D eigenvalue weighted by atomic mass is 35.5. The van der Waals surface area contributed by atoms with Gasteiger partial charge in [-0.1, -0.05) is 30.3 Å². The molecular weight excluding hydrogens is 276 g/mol. The molecule has 4 nitrogen and oxygen atoms in total. The number of hydrogen-bond donors (Lipinski definition) is 1. The van der Waals surface area contributed by atoms with E-state index in [1.807, 2.05) is 23.1 Å². The SMILES string of the molecule is Cl.O=C([C@H]1CC[C@H](c2ccccc2)N1)N1CCOCC1. The summed E-state index contributed by atoms with van der Waals surface area (Å²) in [7, 11) is 0. The lowest BCUT2D eigenvalue weighted by Crippen LogP contribution is -2.48. The molecule has 1 aromatic carbocycles. The van der Waals surface area contributed by atoms with E-state index >= 15 is 0 Å². The van der Waals surface area contributed by atoms with Crippen molar-refractivity contribution in [2.75, 3.05) is 26.3 Å². The second kappa shape index (κ2) is 7.07. The molecule has 2 atom stereocenters. The highest BCUT2D eigenvalue weighted by Crippen LogP contribution is 2.27. The van der Waals surface area contributed by atoms with Crippen molar-refractivity contribution in [1.82, 2.24) is 10.2 Å². The highest BCUT2D eigenvalue weighted by Gasteiger charge is 2.32. The summed E-state index contributed by atoms with van der Waals surface area (Å²) in [5.74, 6) is 0.238. The number of halogens is 1. The first kappa shape index (κ1) is 15.3. The van der Waals surface area contributed by atoms with Crippen LogP contribution in [-0.4, -0.2) is 43.2 Å². The van der Waals surface area contributed by atoms with Crippen molar-refractivity contribution in [3.8, 4) is 0 Å². The minimum Gasteiger partial charge on any atom is -0.378 e. The molecule has 110 valence electrons. The summed E-state index contributed by atoms with van der Waals surface area (Å²) >= 11 is 0. The summed E-state index contributed by atoms with van der Waals surface area (Å²) in [5, 5.41) is 3.47. The van der Waals surface area contributed by atoms with Crippen LogP contribution in [0.4, 0.5) is 0 Å². The number of nitrogens with one attached hydrogen (secondary N) is 1. The van der Waals surface area contributed by atoms with Gasteiger partial charge in [0.1, 0.15) is 0 Å². The summed E-state index contributed by atoms with van der Waals surface area (Å²) in [6.45, 7) is 2.79. The Kier molecular flexibility index (Phi) is 5.40. The van der Waals surface area contributed by atoms with Crippen molar-refractivity contribution in [2.24, 2.45) is 0 Å². The molecule has 3 rings (SSSR count). The zero-order valence-corrected chi connectivity index (χ0v) is 12.3. The molecule has 2 heterocycles. The van der Waals surface area contributed by atoms with Gasteiger partial charge in [-0.05, 0) is 18.4 Å². The first-order chi connectivity index (χ1) is 9.34. The molecular formula is C15H21ClN2O2. The monoisotopic (exact) mass is 296 g/mol. The summed E-state index contributed by atoms with van der Waals surface area (Å²) in [4.78, 5) is 14.3. The smallest absolute Gasteiger partial charge is 0.239 e. The van der Waals surface area contributed by atoms with Crippen LogP contribution in [0.5, 0.6) is 0 Å². The van der Waals surface area contributed by atoms with E-state index in [1.54, 1.807) is 0 Å². The molecule has 2 fully saturated rings. The predicted octanol–water partition coefficient (Wildman–Crippen LogP) is 1.76. The summed E-state index contributed by atoms with van der Waals surface area (Å²) in [5.41, 5.74) is 1.28. The Morgan fingerprint density at radius 3 is 2.55 bits per heavy atom. The van der Waals surface area contributed by atoms with Gasteiger partial charge < -0.3 is 9.64 Å². The molecule has 1 aromatic rings. The predicted molar refractivity (Wildman–Crippen MR) is 80.0 cm³/mol. The van der Waals surface area contributed by atoms with Gasteiger partial charge in [-0.15, -0.1) is 12.4 Å². The molecule has 2 aliphatic heterocycles. The molecule has 1 amide bonds. The van der Waals surface area contributed by atoms with Gasteiger partial charge in [0.05, 0.1) is 19.3 Å². The number of nitrogens with zero attached hydrogens (tertiary/aromatic N) is 1. The van der Waals surface area contributed by atoms with E-state index in [0.29, 0.717) is 19.3 Å². The van der Waals surface area contributed by atoms with Gasteiger partial charge in [-0.2, -0.15) is 0 Å². The van der Waals surface area contributed by atoms with Crippen molar-refractivity contribution in [2.45, 2.75) is 24.9 Å². The zero-order valence-electron chi connectivity index (χ0n) is 11.5. The van der Waals surface area contributed by atoms with Crippen LogP contribution in [-0.2, 0) is 9.53 Å². The van der Waals surface area contributed by atoms with E-state index in [4.69, 9.17) is 4.74 Å². The number of morpholine rings is 1. The standard InChI is InChI=1S/C15H20N2O2.ClH/c18-15(17-8-10-19-11-9-17)14-7-6-13(16-14)12-4-2-1-3-5-12;/h1-5,13-14,16H,6-11H2;1H/t13-,14-;/m1./s1. The molecule has 2 saturated heterocycles. The Morgan fingerprint density at radius 1 is 1.15 bits per heavy atom. The van der Waals surface area contributed by atoms with E-state index in [1.165, 1.54) is 5.56 Å². The molecule has 1 N–H and O–H groups in total. The van der Waals surface area contributed by atoms with E-state index in [9.17, 15) is 4.79 Å². The Bertz CT molecular complexity index is 435. The molecule has 2 aliphatic rings. The number of carbonyl (C=O) groups excluding carboxylic acids is 1. The Balaban J connectivity index is 0.00000147. The van der Waals surface area contributed by atoms with Gasteiger partial charge in [0.25, 0.3) is 0 Å². The van der Waals surface area contributed by atoms with Gasteiger partial charge in [0.2, 0.25) is 5.91 Å². The first-order valence-electron chi connectivity index (χ1n) is 7.02. The van der Waals surface area contributed by atoms with Crippen LogP contribution in [0.3, 0.4) is 0 Å². The fourth-order valence-electron chi connectivity index (χ4n) is 2.89. The van der Waals surface area contributed by atoms with Crippen LogP contribution in [0.2, 0.25) is 0 Å².